The molecule has 2 aromatic rings. The Balaban J connectivity index is 1.50. The van der Waals surface area contributed by atoms with E-state index in [-0.39, 0.29) is 11.9 Å². The Labute approximate surface area is 139 Å². The van der Waals surface area contributed by atoms with Crippen LogP contribution in [0.5, 0.6) is 0 Å². The Kier molecular flexibility index (Phi) is 4.48. The lowest BCUT2D eigenvalue weighted by Gasteiger charge is -2.17. The van der Waals surface area contributed by atoms with Gasteiger partial charge in [0.05, 0.1) is 6.42 Å². The molecule has 3 rings (SSSR count). The lowest BCUT2D eigenvalue weighted by atomic mass is 10.2. The second kappa shape index (κ2) is 6.71. The molecule has 23 heavy (non-hydrogen) atoms. The van der Waals surface area contributed by atoms with Crippen molar-refractivity contribution in [3.63, 3.8) is 0 Å². The normalized spacial score (nSPS) is 12.9. The summed E-state index contributed by atoms with van der Waals surface area (Å²) in [4.78, 5) is 25.6. The van der Waals surface area contributed by atoms with E-state index in [0.717, 1.165) is 11.3 Å². The van der Waals surface area contributed by atoms with Crippen LogP contribution in [0.2, 0.25) is 5.02 Å². The molecule has 0 aromatic heterocycles. The van der Waals surface area contributed by atoms with Crippen LogP contribution < -0.4 is 15.5 Å². The molecule has 0 bridgehead atoms. The second-order valence-corrected chi connectivity index (χ2v) is 5.68. The second-order valence-electron chi connectivity index (χ2n) is 5.24. The maximum absolute atomic E-state index is 12.0. The third-order valence-electron chi connectivity index (χ3n) is 3.65. The van der Waals surface area contributed by atoms with Crippen LogP contribution in [0.4, 0.5) is 16.2 Å². The number of halogens is 1. The maximum Gasteiger partial charge on any atom is 0.319 e. The number of carbonyl (C=O) groups is 2. The van der Waals surface area contributed by atoms with Crippen LogP contribution in [0, 0.1) is 0 Å². The summed E-state index contributed by atoms with van der Waals surface area (Å²) in [6, 6.07) is 14.3. The first-order chi connectivity index (χ1) is 11.1. The summed E-state index contributed by atoms with van der Waals surface area (Å²) < 4.78 is 0. The number of fused-ring (bicyclic) bond motifs is 1. The van der Waals surface area contributed by atoms with Gasteiger partial charge in [-0.2, -0.15) is 0 Å². The predicted octanol–water partition coefficient (Wildman–Crippen LogP) is 3.05. The van der Waals surface area contributed by atoms with Crippen molar-refractivity contribution in [2.24, 2.45) is 0 Å². The van der Waals surface area contributed by atoms with E-state index in [0.29, 0.717) is 30.2 Å². The van der Waals surface area contributed by atoms with Crippen molar-refractivity contribution in [3.8, 4) is 0 Å². The van der Waals surface area contributed by atoms with Crippen molar-refractivity contribution in [3.05, 3.63) is 59.1 Å². The van der Waals surface area contributed by atoms with E-state index in [4.69, 9.17) is 11.6 Å². The first-order valence-electron chi connectivity index (χ1n) is 7.32. The van der Waals surface area contributed by atoms with Crippen molar-refractivity contribution in [1.82, 2.24) is 5.32 Å². The maximum atomic E-state index is 12.0. The van der Waals surface area contributed by atoms with Crippen molar-refractivity contribution in [2.45, 2.75) is 6.42 Å². The van der Waals surface area contributed by atoms with Crippen LogP contribution in [0.25, 0.3) is 0 Å². The van der Waals surface area contributed by atoms with E-state index >= 15 is 0 Å². The number of rotatable bonds is 4. The molecular weight excluding hydrogens is 314 g/mol. The number of benzene rings is 2. The van der Waals surface area contributed by atoms with Gasteiger partial charge in [-0.05, 0) is 35.9 Å². The summed E-state index contributed by atoms with van der Waals surface area (Å²) in [5, 5.41) is 6.07. The highest BCUT2D eigenvalue weighted by Gasteiger charge is 2.26. The van der Waals surface area contributed by atoms with Gasteiger partial charge in [-0.1, -0.05) is 29.8 Å². The molecule has 0 aliphatic carbocycles. The summed E-state index contributed by atoms with van der Waals surface area (Å²) in [6.07, 6.45) is 0.424. The Morgan fingerprint density at radius 1 is 1.13 bits per heavy atom. The van der Waals surface area contributed by atoms with Gasteiger partial charge in [0, 0.05) is 29.5 Å². The monoisotopic (exact) mass is 329 g/mol. The van der Waals surface area contributed by atoms with E-state index in [9.17, 15) is 9.59 Å². The molecule has 0 saturated heterocycles. The van der Waals surface area contributed by atoms with Crippen LogP contribution in [-0.2, 0) is 11.2 Å². The number of amides is 3. The fraction of sp³-hybridized carbons (Fsp3) is 0.176. The molecule has 0 atom stereocenters. The van der Waals surface area contributed by atoms with Crippen LogP contribution in [-0.4, -0.2) is 25.0 Å². The summed E-state index contributed by atoms with van der Waals surface area (Å²) in [7, 11) is 0. The van der Waals surface area contributed by atoms with E-state index in [1.807, 2.05) is 24.3 Å². The number of carbonyl (C=O) groups excluding carboxylic acids is 2. The Bertz CT molecular complexity index is 731. The smallest absolute Gasteiger partial charge is 0.319 e. The molecule has 3 amide bonds. The molecule has 1 aliphatic heterocycles. The van der Waals surface area contributed by atoms with Gasteiger partial charge < -0.3 is 15.5 Å². The third kappa shape index (κ3) is 3.63. The summed E-state index contributed by atoms with van der Waals surface area (Å²) in [5.41, 5.74) is 2.62. The number of hydrogen-bond acceptors (Lipinski definition) is 2. The van der Waals surface area contributed by atoms with E-state index in [2.05, 4.69) is 10.6 Å². The molecule has 1 aliphatic rings. The first-order valence-corrected chi connectivity index (χ1v) is 7.70. The third-order valence-corrected chi connectivity index (χ3v) is 3.90. The van der Waals surface area contributed by atoms with Crippen molar-refractivity contribution in [2.75, 3.05) is 23.3 Å². The molecule has 2 N–H and O–H groups in total. The van der Waals surface area contributed by atoms with Gasteiger partial charge in [-0.3, -0.25) is 4.79 Å². The average molecular weight is 330 g/mol. The summed E-state index contributed by atoms with van der Waals surface area (Å²) >= 11 is 5.79. The Hall–Kier alpha value is -2.53. The molecule has 0 unspecified atom stereocenters. The lowest BCUT2D eigenvalue weighted by molar-refractivity contribution is -0.117. The number of urea groups is 1. The zero-order valence-corrected chi connectivity index (χ0v) is 13.1. The molecule has 0 spiro atoms. The predicted molar refractivity (Wildman–Crippen MR) is 91.0 cm³/mol. The molecule has 118 valence electrons. The SMILES string of the molecule is O=C(NCCN1C(=O)Cc2ccccc21)Nc1ccc(Cl)cc1. The molecule has 5 nitrogen and oxygen atoms in total. The number of nitrogens with one attached hydrogen (secondary N) is 2. The molecule has 0 radical (unpaired) electrons. The summed E-state index contributed by atoms with van der Waals surface area (Å²) in [6.45, 7) is 0.823. The Morgan fingerprint density at radius 3 is 2.65 bits per heavy atom. The quantitative estimate of drug-likeness (QED) is 0.905. The van der Waals surface area contributed by atoms with E-state index < -0.39 is 0 Å². The largest absolute Gasteiger partial charge is 0.336 e. The molecular formula is C17H16ClN3O2. The van der Waals surface area contributed by atoms with Crippen LogP contribution in [0.1, 0.15) is 5.56 Å². The highest BCUT2D eigenvalue weighted by Crippen LogP contribution is 2.27. The van der Waals surface area contributed by atoms with E-state index in [1.165, 1.54) is 0 Å². The van der Waals surface area contributed by atoms with Crippen molar-refractivity contribution >= 4 is 34.9 Å². The number of hydrogen-bond donors (Lipinski definition) is 2. The number of para-hydroxylation sites is 1. The summed E-state index contributed by atoms with van der Waals surface area (Å²) in [5.74, 6) is 0.0612. The van der Waals surface area contributed by atoms with Crippen molar-refractivity contribution in [1.29, 1.82) is 0 Å². The highest BCUT2D eigenvalue weighted by molar-refractivity contribution is 6.30. The molecule has 6 heteroatoms. The van der Waals surface area contributed by atoms with Gasteiger partial charge in [0.2, 0.25) is 5.91 Å². The van der Waals surface area contributed by atoms with Crippen LogP contribution in [0.15, 0.2) is 48.5 Å². The average Bonchev–Trinajstić information content (AvgIpc) is 2.86. The van der Waals surface area contributed by atoms with E-state index in [1.54, 1.807) is 29.2 Å². The first kappa shape index (κ1) is 15.4. The van der Waals surface area contributed by atoms with Crippen molar-refractivity contribution < 1.29 is 9.59 Å². The van der Waals surface area contributed by atoms with Gasteiger partial charge >= 0.3 is 6.03 Å². The molecule has 0 saturated carbocycles. The standard InChI is InChI=1S/C17H16ClN3O2/c18-13-5-7-14(8-6-13)20-17(23)19-9-10-21-15-4-2-1-3-12(15)11-16(21)22/h1-8H,9-11H2,(H2,19,20,23). The van der Waals surface area contributed by atoms with Gasteiger partial charge in [-0.15, -0.1) is 0 Å². The minimum Gasteiger partial charge on any atom is -0.336 e. The molecule has 0 fully saturated rings. The number of anilines is 2. The van der Waals surface area contributed by atoms with Gasteiger partial charge in [0.15, 0.2) is 0 Å². The van der Waals surface area contributed by atoms with Crippen LogP contribution in [0.3, 0.4) is 0 Å². The Morgan fingerprint density at radius 2 is 1.87 bits per heavy atom. The highest BCUT2D eigenvalue weighted by atomic mass is 35.5. The molecule has 1 heterocycles. The van der Waals surface area contributed by atoms with Gasteiger partial charge in [-0.25, -0.2) is 4.79 Å². The lowest BCUT2D eigenvalue weighted by Crippen LogP contribution is -2.38. The minimum atomic E-state index is -0.313. The topological polar surface area (TPSA) is 61.4 Å². The van der Waals surface area contributed by atoms with Gasteiger partial charge in [0.1, 0.15) is 0 Å². The van der Waals surface area contributed by atoms with Gasteiger partial charge in [0.25, 0.3) is 0 Å². The fourth-order valence-corrected chi connectivity index (χ4v) is 2.68. The fourth-order valence-electron chi connectivity index (χ4n) is 2.55. The molecule has 2 aromatic carbocycles. The zero-order chi connectivity index (χ0) is 16.2. The van der Waals surface area contributed by atoms with Crippen LogP contribution >= 0.6 is 11.6 Å². The zero-order valence-electron chi connectivity index (χ0n) is 12.4. The minimum absolute atomic E-state index is 0.0612. The number of nitrogens with zero attached hydrogens (tertiary/aromatic N) is 1.